The molecule has 1 heterocycles. The van der Waals surface area contributed by atoms with Crippen LogP contribution in [-0.4, -0.2) is 37.7 Å². The molecule has 2 rings (SSSR count). The number of hydrogen-bond acceptors (Lipinski definition) is 4. The average Bonchev–Trinajstić information content (AvgIpc) is 2.66. The number of carboxylic acids is 1. The van der Waals surface area contributed by atoms with Crippen LogP contribution in [0.2, 0.25) is 0 Å². The van der Waals surface area contributed by atoms with Crippen LogP contribution in [0.25, 0.3) is 0 Å². The second kappa shape index (κ2) is 5.69. The molecule has 1 aliphatic rings. The van der Waals surface area contributed by atoms with E-state index in [1.807, 2.05) is 0 Å². The average molecular weight is 326 g/mol. The number of benzene rings is 1. The number of nitrogens with two attached hydrogens (primary N) is 1. The van der Waals surface area contributed by atoms with Gasteiger partial charge in [-0.2, -0.15) is 0 Å². The van der Waals surface area contributed by atoms with E-state index in [4.69, 9.17) is 5.14 Å². The van der Waals surface area contributed by atoms with Gasteiger partial charge in [-0.15, -0.1) is 0 Å². The standard InChI is InChI=1S/C14H18N2O5S/c1-8-3-9(2)13(11(4-8)14(18)19)16-6-10(5-12(16)17)7-22(15,20)21/h3-4,10H,5-7H2,1-2H3,(H,18,19)(H2,15,20,21). The maximum absolute atomic E-state index is 12.2. The van der Waals surface area contributed by atoms with Crippen LogP contribution >= 0.6 is 0 Å². The lowest BCUT2D eigenvalue weighted by Gasteiger charge is -2.22. The Hall–Kier alpha value is -1.93. The van der Waals surface area contributed by atoms with E-state index in [2.05, 4.69) is 0 Å². The molecule has 8 heteroatoms. The predicted octanol–water partition coefficient (Wildman–Crippen LogP) is 0.643. The van der Waals surface area contributed by atoms with E-state index in [0.717, 1.165) is 5.56 Å². The number of rotatable bonds is 4. The summed E-state index contributed by atoms with van der Waals surface area (Å²) >= 11 is 0. The van der Waals surface area contributed by atoms with E-state index in [1.165, 1.54) is 11.0 Å². The Balaban J connectivity index is 2.40. The highest BCUT2D eigenvalue weighted by Gasteiger charge is 2.35. The Morgan fingerprint density at radius 1 is 1.41 bits per heavy atom. The molecule has 0 bridgehead atoms. The Bertz CT molecular complexity index is 742. The molecular weight excluding hydrogens is 308 g/mol. The number of carboxylic acid groups (broad SMARTS) is 1. The van der Waals surface area contributed by atoms with Crippen LogP contribution in [0.3, 0.4) is 0 Å². The molecule has 1 fully saturated rings. The van der Waals surface area contributed by atoms with E-state index >= 15 is 0 Å². The van der Waals surface area contributed by atoms with Crippen molar-refractivity contribution >= 4 is 27.6 Å². The highest BCUT2D eigenvalue weighted by molar-refractivity contribution is 7.89. The van der Waals surface area contributed by atoms with Crippen molar-refractivity contribution in [2.24, 2.45) is 11.1 Å². The van der Waals surface area contributed by atoms with Gasteiger partial charge in [-0.05, 0) is 31.0 Å². The number of carbonyl (C=O) groups excluding carboxylic acids is 1. The van der Waals surface area contributed by atoms with Crippen LogP contribution in [-0.2, 0) is 14.8 Å². The molecule has 3 N–H and O–H groups in total. The van der Waals surface area contributed by atoms with Crippen LogP contribution in [0.4, 0.5) is 5.69 Å². The fourth-order valence-electron chi connectivity index (χ4n) is 2.92. The third-order valence-electron chi connectivity index (χ3n) is 3.62. The van der Waals surface area contributed by atoms with E-state index in [-0.39, 0.29) is 30.2 Å². The second-order valence-electron chi connectivity index (χ2n) is 5.69. The van der Waals surface area contributed by atoms with Gasteiger partial charge in [0.1, 0.15) is 0 Å². The molecular formula is C14H18N2O5S. The summed E-state index contributed by atoms with van der Waals surface area (Å²) < 4.78 is 22.4. The Kier molecular flexibility index (Phi) is 4.25. The first-order valence-corrected chi connectivity index (χ1v) is 8.45. The van der Waals surface area contributed by atoms with Crippen molar-refractivity contribution in [1.82, 2.24) is 0 Å². The third kappa shape index (κ3) is 3.45. The van der Waals surface area contributed by atoms with Crippen LogP contribution in [0.5, 0.6) is 0 Å². The Morgan fingerprint density at radius 3 is 2.59 bits per heavy atom. The number of aryl methyl sites for hydroxylation is 2. The van der Waals surface area contributed by atoms with Gasteiger partial charge in [0, 0.05) is 18.9 Å². The predicted molar refractivity (Wildman–Crippen MR) is 81.3 cm³/mol. The zero-order valence-corrected chi connectivity index (χ0v) is 13.2. The molecule has 0 saturated carbocycles. The SMILES string of the molecule is Cc1cc(C)c(N2CC(CS(N)(=O)=O)CC2=O)c(C(=O)O)c1. The summed E-state index contributed by atoms with van der Waals surface area (Å²) in [6.45, 7) is 3.66. The normalized spacial score (nSPS) is 18.8. The molecule has 1 amide bonds. The lowest BCUT2D eigenvalue weighted by atomic mass is 10.0. The number of nitrogens with zero attached hydrogens (tertiary/aromatic N) is 1. The van der Waals surface area contributed by atoms with Gasteiger partial charge in [0.2, 0.25) is 15.9 Å². The van der Waals surface area contributed by atoms with E-state index < -0.39 is 21.9 Å². The van der Waals surface area contributed by atoms with Crippen LogP contribution < -0.4 is 10.0 Å². The molecule has 1 aromatic carbocycles. The molecule has 0 aliphatic carbocycles. The molecule has 1 aromatic rings. The zero-order valence-electron chi connectivity index (χ0n) is 12.4. The first-order valence-electron chi connectivity index (χ1n) is 6.74. The lowest BCUT2D eigenvalue weighted by Crippen LogP contribution is -2.29. The fraction of sp³-hybridized carbons (Fsp3) is 0.429. The quantitative estimate of drug-likeness (QED) is 0.842. The van der Waals surface area contributed by atoms with Crippen molar-refractivity contribution in [3.8, 4) is 0 Å². The van der Waals surface area contributed by atoms with E-state index in [0.29, 0.717) is 11.3 Å². The molecule has 0 spiro atoms. The van der Waals surface area contributed by atoms with Gasteiger partial charge < -0.3 is 10.0 Å². The Labute approximate surface area is 128 Å². The van der Waals surface area contributed by atoms with Gasteiger partial charge in [-0.25, -0.2) is 18.4 Å². The summed E-state index contributed by atoms with van der Waals surface area (Å²) in [5, 5.41) is 14.4. The molecule has 7 nitrogen and oxygen atoms in total. The summed E-state index contributed by atoms with van der Waals surface area (Å²) in [7, 11) is -3.68. The maximum Gasteiger partial charge on any atom is 0.337 e. The number of anilines is 1. The smallest absolute Gasteiger partial charge is 0.337 e. The maximum atomic E-state index is 12.2. The van der Waals surface area contributed by atoms with Crippen molar-refractivity contribution in [1.29, 1.82) is 0 Å². The van der Waals surface area contributed by atoms with Crippen molar-refractivity contribution < 1.29 is 23.1 Å². The second-order valence-corrected chi connectivity index (χ2v) is 7.35. The summed E-state index contributed by atoms with van der Waals surface area (Å²) in [6.07, 6.45) is 0.0444. The molecule has 1 saturated heterocycles. The summed E-state index contributed by atoms with van der Waals surface area (Å²) in [5.74, 6) is -2.12. The molecule has 1 aliphatic heterocycles. The highest BCUT2D eigenvalue weighted by atomic mass is 32.2. The molecule has 120 valence electrons. The summed E-state index contributed by atoms with van der Waals surface area (Å²) in [6, 6.07) is 3.30. The van der Waals surface area contributed by atoms with Gasteiger partial charge in [-0.3, -0.25) is 4.79 Å². The largest absolute Gasteiger partial charge is 0.478 e. The van der Waals surface area contributed by atoms with Crippen molar-refractivity contribution in [2.75, 3.05) is 17.2 Å². The molecule has 1 atom stereocenters. The van der Waals surface area contributed by atoms with Gasteiger partial charge in [0.15, 0.2) is 0 Å². The summed E-state index contributed by atoms with van der Waals surface area (Å²) in [4.78, 5) is 25.0. The minimum absolute atomic E-state index is 0.0436. The molecule has 0 aromatic heterocycles. The number of primary sulfonamides is 1. The number of amides is 1. The fourth-order valence-corrected chi connectivity index (χ4v) is 3.80. The molecule has 1 unspecified atom stereocenters. The molecule has 0 radical (unpaired) electrons. The van der Waals surface area contributed by atoms with Crippen LogP contribution in [0.15, 0.2) is 12.1 Å². The zero-order chi connectivity index (χ0) is 16.7. The minimum atomic E-state index is -3.68. The van der Waals surface area contributed by atoms with Crippen molar-refractivity contribution in [3.63, 3.8) is 0 Å². The summed E-state index contributed by atoms with van der Waals surface area (Å²) in [5.41, 5.74) is 1.83. The topological polar surface area (TPSA) is 118 Å². The first-order chi connectivity index (χ1) is 10.1. The Morgan fingerprint density at radius 2 is 2.05 bits per heavy atom. The van der Waals surface area contributed by atoms with Gasteiger partial charge in [-0.1, -0.05) is 6.07 Å². The first kappa shape index (κ1) is 16.4. The van der Waals surface area contributed by atoms with Gasteiger partial charge in [0.25, 0.3) is 0 Å². The van der Waals surface area contributed by atoms with Crippen molar-refractivity contribution in [2.45, 2.75) is 20.3 Å². The number of carbonyl (C=O) groups is 2. The van der Waals surface area contributed by atoms with Crippen LogP contribution in [0, 0.1) is 19.8 Å². The lowest BCUT2D eigenvalue weighted by molar-refractivity contribution is -0.117. The van der Waals surface area contributed by atoms with Crippen LogP contribution in [0.1, 0.15) is 27.9 Å². The van der Waals surface area contributed by atoms with Crippen molar-refractivity contribution in [3.05, 3.63) is 28.8 Å². The molecule has 22 heavy (non-hydrogen) atoms. The number of aromatic carboxylic acids is 1. The van der Waals surface area contributed by atoms with Gasteiger partial charge in [0.05, 0.1) is 17.0 Å². The number of hydrogen-bond donors (Lipinski definition) is 2. The monoisotopic (exact) mass is 326 g/mol. The third-order valence-corrected chi connectivity index (χ3v) is 4.55. The van der Waals surface area contributed by atoms with Gasteiger partial charge >= 0.3 is 5.97 Å². The minimum Gasteiger partial charge on any atom is -0.478 e. The number of sulfonamides is 1. The van der Waals surface area contributed by atoms with E-state index in [9.17, 15) is 23.1 Å². The highest BCUT2D eigenvalue weighted by Crippen LogP contribution is 2.32. The van der Waals surface area contributed by atoms with E-state index in [1.54, 1.807) is 19.9 Å².